The van der Waals surface area contributed by atoms with Crippen LogP contribution in [0.5, 0.6) is 0 Å². The van der Waals surface area contributed by atoms with Crippen LogP contribution in [-0.4, -0.2) is 56.7 Å². The minimum atomic E-state index is -0.135. The molecule has 0 bridgehead atoms. The van der Waals surface area contributed by atoms with Crippen LogP contribution in [0.1, 0.15) is 6.92 Å². The van der Waals surface area contributed by atoms with Gasteiger partial charge in [0.05, 0.1) is 4.91 Å². The van der Waals surface area contributed by atoms with E-state index in [1.165, 1.54) is 11.8 Å². The van der Waals surface area contributed by atoms with Gasteiger partial charge in [-0.2, -0.15) is 0 Å². The van der Waals surface area contributed by atoms with Gasteiger partial charge >= 0.3 is 0 Å². The summed E-state index contributed by atoms with van der Waals surface area (Å²) in [7, 11) is 3.80. The Labute approximate surface area is 110 Å². The average Bonchev–Trinajstić information content (AvgIpc) is 2.89. The van der Waals surface area contributed by atoms with Crippen molar-refractivity contribution in [3.8, 4) is 0 Å². The van der Waals surface area contributed by atoms with E-state index >= 15 is 0 Å². The molecule has 1 aromatic rings. The highest BCUT2D eigenvalue weighted by Gasteiger charge is 2.35. The lowest BCUT2D eigenvalue weighted by atomic mass is 10.4. The molecule has 0 saturated carbocycles. The Morgan fingerprint density at radius 3 is 2.72 bits per heavy atom. The maximum atomic E-state index is 12.1. The van der Waals surface area contributed by atoms with E-state index in [2.05, 4.69) is 15.6 Å². The third-order valence-electron chi connectivity index (χ3n) is 2.39. The van der Waals surface area contributed by atoms with Crippen molar-refractivity contribution < 1.29 is 4.79 Å². The summed E-state index contributed by atoms with van der Waals surface area (Å²) in [5, 5.41) is 7.43. The quantitative estimate of drug-likeness (QED) is 0.782. The molecule has 0 unspecified atom stereocenters. The van der Waals surface area contributed by atoms with Gasteiger partial charge in [-0.05, 0) is 6.92 Å². The predicted molar refractivity (Wildman–Crippen MR) is 69.9 cm³/mol. The Morgan fingerprint density at radius 1 is 1.50 bits per heavy atom. The molecule has 2 rings (SSSR count). The number of carbonyl (C=O) groups is 1. The number of hydrogen-bond acceptors (Lipinski definition) is 6. The van der Waals surface area contributed by atoms with Crippen molar-refractivity contribution in [2.24, 2.45) is 0 Å². The third kappa shape index (κ3) is 2.58. The molecule has 1 saturated heterocycles. The molecular weight excluding hydrogens is 252 g/mol. The third-order valence-corrected chi connectivity index (χ3v) is 3.50. The van der Waals surface area contributed by atoms with Gasteiger partial charge in [0, 0.05) is 26.8 Å². The number of likely N-dealkylation sites (N-methyl/N-ethyl adjacent to an activating group) is 1. The fourth-order valence-corrected chi connectivity index (χ4v) is 2.88. The van der Waals surface area contributed by atoms with Gasteiger partial charge in [-0.15, -0.1) is 10.2 Å². The van der Waals surface area contributed by atoms with Crippen LogP contribution in [0.2, 0.25) is 0 Å². The van der Waals surface area contributed by atoms with E-state index < -0.39 is 0 Å². The molecule has 8 heteroatoms. The first kappa shape index (κ1) is 12.7. The average molecular weight is 268 g/mol. The van der Waals surface area contributed by atoms with E-state index in [4.69, 9.17) is 0 Å². The molecule has 1 aliphatic heterocycles. The van der Waals surface area contributed by atoms with Crippen molar-refractivity contribution in [2.75, 3.05) is 26.1 Å². The van der Waals surface area contributed by atoms with Gasteiger partial charge in [-0.1, -0.05) is 11.8 Å². The fraction of sp³-hybridized carbons (Fsp3) is 0.500. The first-order valence-electron chi connectivity index (χ1n) is 5.59. The second-order valence-electron chi connectivity index (χ2n) is 4.02. The van der Waals surface area contributed by atoms with Crippen molar-refractivity contribution in [2.45, 2.75) is 12.4 Å². The monoisotopic (exact) mass is 268 g/mol. The van der Waals surface area contributed by atoms with Gasteiger partial charge in [0.25, 0.3) is 5.91 Å². The Bertz CT molecular complexity index is 443. The van der Waals surface area contributed by atoms with Gasteiger partial charge < -0.3 is 9.80 Å². The maximum Gasteiger partial charge on any atom is 0.264 e. The van der Waals surface area contributed by atoms with Crippen molar-refractivity contribution in [3.63, 3.8) is 0 Å². The van der Waals surface area contributed by atoms with E-state index in [0.29, 0.717) is 6.54 Å². The lowest BCUT2D eigenvalue weighted by Crippen LogP contribution is -2.40. The first-order chi connectivity index (χ1) is 8.61. The predicted octanol–water partition coefficient (Wildman–Crippen LogP) is 0.103. The lowest BCUT2D eigenvalue weighted by molar-refractivity contribution is -0.125. The zero-order valence-electron chi connectivity index (χ0n) is 10.6. The summed E-state index contributed by atoms with van der Waals surface area (Å²) >= 11 is 1.49. The van der Waals surface area contributed by atoms with E-state index in [9.17, 15) is 4.79 Å². The number of carbonyl (C=O) groups excluding carboxylic acids is 1. The van der Waals surface area contributed by atoms with Crippen LogP contribution >= 0.6 is 11.8 Å². The van der Waals surface area contributed by atoms with Gasteiger partial charge in [0.15, 0.2) is 5.50 Å². The molecule has 0 spiro atoms. The van der Waals surface area contributed by atoms with E-state index in [0.717, 1.165) is 4.91 Å². The molecule has 1 aliphatic rings. The summed E-state index contributed by atoms with van der Waals surface area (Å²) in [5.74, 6) is 0.0433. The number of nitrogens with one attached hydrogen (secondary N) is 1. The Balaban J connectivity index is 2.13. The summed E-state index contributed by atoms with van der Waals surface area (Å²) < 4.78 is 1.65. The van der Waals surface area contributed by atoms with Crippen LogP contribution in [0.25, 0.3) is 0 Å². The molecular formula is C10H16N6OS. The van der Waals surface area contributed by atoms with Crippen molar-refractivity contribution in [3.05, 3.63) is 23.8 Å². The topological polar surface area (TPSA) is 66.3 Å². The Kier molecular flexibility index (Phi) is 3.75. The van der Waals surface area contributed by atoms with Crippen molar-refractivity contribution in [1.82, 2.24) is 24.7 Å². The molecule has 1 amide bonds. The molecule has 98 valence electrons. The highest BCUT2D eigenvalue weighted by molar-refractivity contribution is 8.05. The fourth-order valence-electron chi connectivity index (χ4n) is 1.60. The highest BCUT2D eigenvalue weighted by atomic mass is 32.2. The maximum absolute atomic E-state index is 12.1. The van der Waals surface area contributed by atoms with Crippen LogP contribution in [0.3, 0.4) is 0 Å². The molecule has 1 aromatic heterocycles. The summed E-state index contributed by atoms with van der Waals surface area (Å²) in [6.45, 7) is 2.61. The summed E-state index contributed by atoms with van der Waals surface area (Å²) in [6, 6.07) is 0. The molecule has 2 heterocycles. The van der Waals surface area contributed by atoms with E-state index in [1.807, 2.05) is 32.1 Å². The van der Waals surface area contributed by atoms with Crippen molar-refractivity contribution >= 4 is 17.7 Å². The van der Waals surface area contributed by atoms with E-state index in [-0.39, 0.29) is 11.4 Å². The number of hydrogen-bond donors (Lipinski definition) is 1. The van der Waals surface area contributed by atoms with Crippen LogP contribution in [0.4, 0.5) is 0 Å². The lowest BCUT2D eigenvalue weighted by Gasteiger charge is -2.22. The SMILES string of the molecule is CCN1C(=O)/C(=C\N(C)C)S[C@@H]1Nn1cnnc1. The number of amides is 1. The largest absolute Gasteiger partial charge is 0.382 e. The number of rotatable bonds is 4. The zero-order chi connectivity index (χ0) is 13.1. The van der Waals surface area contributed by atoms with Gasteiger partial charge in [0.2, 0.25) is 0 Å². The smallest absolute Gasteiger partial charge is 0.264 e. The molecule has 7 nitrogen and oxygen atoms in total. The molecule has 1 N–H and O–H groups in total. The van der Waals surface area contributed by atoms with Crippen LogP contribution < -0.4 is 5.43 Å². The molecule has 1 fully saturated rings. The first-order valence-corrected chi connectivity index (χ1v) is 6.47. The Morgan fingerprint density at radius 2 is 2.17 bits per heavy atom. The van der Waals surface area contributed by atoms with Gasteiger partial charge in [-0.25, -0.2) is 4.68 Å². The Hall–Kier alpha value is -1.70. The molecule has 0 aromatic carbocycles. The minimum absolute atomic E-state index is 0.0433. The van der Waals surface area contributed by atoms with Gasteiger partial charge in [-0.3, -0.25) is 10.2 Å². The molecule has 0 radical (unpaired) electrons. The summed E-state index contributed by atoms with van der Waals surface area (Å²) in [4.78, 5) is 16.5. The number of nitrogens with zero attached hydrogens (tertiary/aromatic N) is 5. The highest BCUT2D eigenvalue weighted by Crippen LogP contribution is 2.33. The van der Waals surface area contributed by atoms with Crippen LogP contribution in [0.15, 0.2) is 23.8 Å². The number of aromatic nitrogens is 3. The van der Waals surface area contributed by atoms with E-state index in [1.54, 1.807) is 22.2 Å². The van der Waals surface area contributed by atoms with Crippen LogP contribution in [0, 0.1) is 0 Å². The molecule has 18 heavy (non-hydrogen) atoms. The summed E-state index contributed by atoms with van der Waals surface area (Å²) in [6.07, 6.45) is 4.96. The standard InChI is InChI=1S/C10H16N6OS/c1-4-16-9(17)8(5-14(2)3)18-10(16)13-15-6-11-12-7-15/h5-7,10,13H,4H2,1-3H3/b8-5+/t10-/m1/s1. The second kappa shape index (κ2) is 5.30. The zero-order valence-corrected chi connectivity index (χ0v) is 11.4. The minimum Gasteiger partial charge on any atom is -0.382 e. The second-order valence-corrected chi connectivity index (χ2v) is 5.14. The van der Waals surface area contributed by atoms with Crippen molar-refractivity contribution in [1.29, 1.82) is 0 Å². The van der Waals surface area contributed by atoms with Crippen LogP contribution in [-0.2, 0) is 4.79 Å². The summed E-state index contributed by atoms with van der Waals surface area (Å²) in [5.41, 5.74) is 3.02. The molecule has 1 atom stereocenters. The number of thioether (sulfide) groups is 1. The molecule has 0 aliphatic carbocycles. The van der Waals surface area contributed by atoms with Gasteiger partial charge in [0.1, 0.15) is 12.7 Å². The normalized spacial score (nSPS) is 21.7.